The molecule has 1 aliphatic rings. The van der Waals surface area contributed by atoms with Crippen LogP contribution in [-0.4, -0.2) is 7.85 Å². The molecule has 0 aromatic rings. The highest BCUT2D eigenvalue weighted by atomic mass is 14.0. The van der Waals surface area contributed by atoms with Crippen molar-refractivity contribution in [2.24, 2.45) is 0 Å². The zero-order chi connectivity index (χ0) is 6.69. The van der Waals surface area contributed by atoms with Crippen molar-refractivity contribution in [3.63, 3.8) is 0 Å². The monoisotopic (exact) mass is 118 g/mol. The molecule has 1 heteroatoms. The molecule has 0 N–H and O–H groups in total. The average Bonchev–Trinajstić information content (AvgIpc) is 1.88. The lowest BCUT2D eigenvalue weighted by Crippen LogP contribution is -1.92. The van der Waals surface area contributed by atoms with E-state index in [1.54, 1.807) is 0 Å². The predicted molar refractivity (Wildman–Crippen MR) is 41.6 cm³/mol. The van der Waals surface area contributed by atoms with Crippen LogP contribution in [0, 0.1) is 0 Å². The molecule has 0 saturated carbocycles. The minimum Gasteiger partial charge on any atom is -0.0866 e. The Kier molecular flexibility index (Phi) is 2.15. The van der Waals surface area contributed by atoms with Crippen LogP contribution in [-0.2, 0) is 0 Å². The van der Waals surface area contributed by atoms with E-state index in [0.717, 1.165) is 12.8 Å². The number of hydrogen-bond acceptors (Lipinski definition) is 0. The van der Waals surface area contributed by atoms with E-state index in [0.29, 0.717) is 0 Å². The maximum absolute atomic E-state index is 5.67. The van der Waals surface area contributed by atoms with E-state index in [-0.39, 0.29) is 5.82 Å². The van der Waals surface area contributed by atoms with Crippen LogP contribution in [0.1, 0.15) is 19.8 Å². The standard InChI is InChI=1S/C8H11B/c1-2-7-4-3-5-8(9)6-7/h3-4,6,8H,2,5H2,1H3. The Morgan fingerprint density at radius 1 is 1.78 bits per heavy atom. The van der Waals surface area contributed by atoms with Gasteiger partial charge in [-0.1, -0.05) is 36.5 Å². The van der Waals surface area contributed by atoms with Gasteiger partial charge in [0.05, 0.1) is 7.85 Å². The molecule has 0 bridgehead atoms. The van der Waals surface area contributed by atoms with E-state index in [9.17, 15) is 0 Å². The summed E-state index contributed by atoms with van der Waals surface area (Å²) in [5.41, 5.74) is 1.37. The lowest BCUT2D eigenvalue weighted by Gasteiger charge is -2.09. The van der Waals surface area contributed by atoms with Crippen molar-refractivity contribution in [1.82, 2.24) is 0 Å². The number of allylic oxidation sites excluding steroid dienone is 4. The van der Waals surface area contributed by atoms with E-state index in [1.165, 1.54) is 5.57 Å². The summed E-state index contributed by atoms with van der Waals surface area (Å²) < 4.78 is 0. The zero-order valence-electron chi connectivity index (χ0n) is 5.80. The molecule has 0 heterocycles. The second-order valence-electron chi connectivity index (χ2n) is 2.40. The van der Waals surface area contributed by atoms with Crippen LogP contribution in [0.5, 0.6) is 0 Å². The molecule has 46 valence electrons. The smallest absolute Gasteiger partial charge is 0.0759 e. The molecule has 1 atom stereocenters. The molecule has 0 aromatic heterocycles. The predicted octanol–water partition coefficient (Wildman–Crippen LogP) is 2.24. The van der Waals surface area contributed by atoms with Crippen LogP contribution in [0.2, 0.25) is 5.82 Å². The maximum Gasteiger partial charge on any atom is 0.0759 e. The fourth-order valence-corrected chi connectivity index (χ4v) is 1.01. The molecular weight excluding hydrogens is 107 g/mol. The van der Waals surface area contributed by atoms with Gasteiger partial charge in [0.1, 0.15) is 0 Å². The Labute approximate surface area is 58.1 Å². The van der Waals surface area contributed by atoms with Crippen molar-refractivity contribution >= 4 is 7.85 Å². The summed E-state index contributed by atoms with van der Waals surface area (Å²) in [4.78, 5) is 0. The first-order valence-corrected chi connectivity index (χ1v) is 3.45. The summed E-state index contributed by atoms with van der Waals surface area (Å²) in [5, 5.41) is 0. The van der Waals surface area contributed by atoms with Crippen LogP contribution in [0.3, 0.4) is 0 Å². The van der Waals surface area contributed by atoms with Crippen molar-refractivity contribution < 1.29 is 0 Å². The summed E-state index contributed by atoms with van der Waals surface area (Å²) in [6.07, 6.45) is 8.54. The molecule has 1 aliphatic carbocycles. The zero-order valence-corrected chi connectivity index (χ0v) is 5.80. The van der Waals surface area contributed by atoms with Gasteiger partial charge >= 0.3 is 0 Å². The van der Waals surface area contributed by atoms with Crippen molar-refractivity contribution in [3.05, 3.63) is 23.8 Å². The van der Waals surface area contributed by atoms with E-state index in [2.05, 4.69) is 25.2 Å². The summed E-state index contributed by atoms with van der Waals surface area (Å²) in [6.45, 7) is 2.15. The van der Waals surface area contributed by atoms with Crippen LogP contribution >= 0.6 is 0 Å². The van der Waals surface area contributed by atoms with Crippen LogP contribution < -0.4 is 0 Å². The number of hydrogen-bond donors (Lipinski definition) is 0. The first kappa shape index (κ1) is 6.66. The Balaban J connectivity index is 2.59. The highest BCUT2D eigenvalue weighted by Crippen LogP contribution is 2.19. The lowest BCUT2D eigenvalue weighted by molar-refractivity contribution is 0.979. The highest BCUT2D eigenvalue weighted by molar-refractivity contribution is 6.13. The average molecular weight is 118 g/mol. The SMILES string of the molecule is [B]C1C=C(CC)C=CC1. The molecule has 1 rings (SSSR count). The van der Waals surface area contributed by atoms with Gasteiger partial charge in [-0.15, -0.1) is 0 Å². The van der Waals surface area contributed by atoms with Gasteiger partial charge in [-0.05, 0) is 12.8 Å². The Morgan fingerprint density at radius 2 is 2.56 bits per heavy atom. The van der Waals surface area contributed by atoms with E-state index < -0.39 is 0 Å². The molecule has 2 radical (unpaired) electrons. The van der Waals surface area contributed by atoms with Gasteiger partial charge in [-0.25, -0.2) is 0 Å². The fraction of sp³-hybridized carbons (Fsp3) is 0.500. The maximum atomic E-state index is 5.67. The minimum absolute atomic E-state index is 0.268. The number of rotatable bonds is 1. The summed E-state index contributed by atoms with van der Waals surface area (Å²) >= 11 is 0. The van der Waals surface area contributed by atoms with E-state index in [1.807, 2.05) is 0 Å². The van der Waals surface area contributed by atoms with Crippen molar-refractivity contribution in [1.29, 1.82) is 0 Å². The summed E-state index contributed by atoms with van der Waals surface area (Å²) in [5.74, 6) is 0.268. The largest absolute Gasteiger partial charge is 0.0866 e. The third-order valence-corrected chi connectivity index (χ3v) is 1.58. The van der Waals surface area contributed by atoms with Crippen LogP contribution in [0.15, 0.2) is 23.8 Å². The lowest BCUT2D eigenvalue weighted by atomic mass is 9.80. The van der Waals surface area contributed by atoms with E-state index in [4.69, 9.17) is 7.85 Å². The summed E-state index contributed by atoms with van der Waals surface area (Å²) in [7, 11) is 5.67. The molecule has 0 amide bonds. The van der Waals surface area contributed by atoms with Crippen molar-refractivity contribution in [2.75, 3.05) is 0 Å². The third-order valence-electron chi connectivity index (χ3n) is 1.58. The quantitative estimate of drug-likeness (QED) is 0.463. The van der Waals surface area contributed by atoms with Gasteiger partial charge in [-0.3, -0.25) is 0 Å². The van der Waals surface area contributed by atoms with Gasteiger partial charge in [0.25, 0.3) is 0 Å². The highest BCUT2D eigenvalue weighted by Gasteiger charge is 2.00. The van der Waals surface area contributed by atoms with Gasteiger partial charge < -0.3 is 0 Å². The van der Waals surface area contributed by atoms with Crippen molar-refractivity contribution in [3.8, 4) is 0 Å². The topological polar surface area (TPSA) is 0 Å². The van der Waals surface area contributed by atoms with Gasteiger partial charge in [0.15, 0.2) is 0 Å². The molecule has 0 fully saturated rings. The summed E-state index contributed by atoms with van der Waals surface area (Å²) in [6, 6.07) is 0. The van der Waals surface area contributed by atoms with E-state index >= 15 is 0 Å². The first-order chi connectivity index (χ1) is 4.33. The normalized spacial score (nSPS) is 25.9. The molecule has 9 heavy (non-hydrogen) atoms. The fourth-order valence-electron chi connectivity index (χ4n) is 1.01. The van der Waals surface area contributed by atoms with Gasteiger partial charge in [-0.2, -0.15) is 0 Å². The second kappa shape index (κ2) is 2.91. The molecule has 0 nitrogen and oxygen atoms in total. The third kappa shape index (κ3) is 1.74. The van der Waals surface area contributed by atoms with Gasteiger partial charge in [0, 0.05) is 0 Å². The second-order valence-corrected chi connectivity index (χ2v) is 2.40. The van der Waals surface area contributed by atoms with Crippen LogP contribution in [0.4, 0.5) is 0 Å². The molecule has 0 aromatic carbocycles. The Morgan fingerprint density at radius 3 is 3.00 bits per heavy atom. The van der Waals surface area contributed by atoms with Crippen LogP contribution in [0.25, 0.3) is 0 Å². The Hall–Kier alpha value is -0.455. The van der Waals surface area contributed by atoms with Crippen molar-refractivity contribution in [2.45, 2.75) is 25.6 Å². The molecule has 0 saturated heterocycles. The molecule has 0 spiro atoms. The molecule has 1 unspecified atom stereocenters. The van der Waals surface area contributed by atoms with Gasteiger partial charge in [0.2, 0.25) is 0 Å². The molecular formula is C8H11B. The minimum atomic E-state index is 0.268. The first-order valence-electron chi connectivity index (χ1n) is 3.45. The Bertz CT molecular complexity index is 145. The molecule has 0 aliphatic heterocycles.